The van der Waals surface area contributed by atoms with Gasteiger partial charge in [-0.25, -0.2) is 13.2 Å². The first kappa shape index (κ1) is 19.4. The second-order valence-electron chi connectivity index (χ2n) is 6.17. The van der Waals surface area contributed by atoms with Gasteiger partial charge in [0.1, 0.15) is 5.75 Å². The third kappa shape index (κ3) is 4.89. The van der Waals surface area contributed by atoms with Crippen LogP contribution in [0.15, 0.2) is 72.8 Å². The Balaban J connectivity index is 1.70. The van der Waals surface area contributed by atoms with Crippen LogP contribution in [0.4, 0.5) is 5.69 Å². The Morgan fingerprint density at radius 1 is 0.964 bits per heavy atom. The molecule has 3 aromatic rings. The van der Waals surface area contributed by atoms with E-state index >= 15 is 0 Å². The van der Waals surface area contributed by atoms with E-state index in [1.807, 2.05) is 36.4 Å². The summed E-state index contributed by atoms with van der Waals surface area (Å²) in [6.45, 7) is 0. The Labute approximate surface area is 163 Å². The van der Waals surface area contributed by atoms with Crippen molar-refractivity contribution < 1.29 is 23.1 Å². The van der Waals surface area contributed by atoms with Crippen molar-refractivity contribution >= 4 is 21.7 Å². The average molecular weight is 397 g/mol. The topological polar surface area (TPSA) is 92.7 Å². The van der Waals surface area contributed by atoms with Gasteiger partial charge in [0.15, 0.2) is 0 Å². The number of anilines is 1. The molecule has 0 aliphatic rings. The van der Waals surface area contributed by atoms with E-state index in [0.29, 0.717) is 11.3 Å². The van der Waals surface area contributed by atoms with Gasteiger partial charge in [-0.2, -0.15) is 0 Å². The lowest BCUT2D eigenvalue weighted by Gasteiger charge is -2.10. The van der Waals surface area contributed by atoms with Crippen LogP contribution in [0.3, 0.4) is 0 Å². The highest BCUT2D eigenvalue weighted by Crippen LogP contribution is 2.25. The highest BCUT2D eigenvalue weighted by molar-refractivity contribution is 7.91. The maximum absolute atomic E-state index is 12.4. The number of rotatable bonds is 7. The molecule has 0 amide bonds. The zero-order chi connectivity index (χ0) is 20.1. The number of aromatic carboxylic acids is 1. The standard InChI is InChI=1S/C21H19NO5S/c1-27-20-4-2-3-18(13-20)16-9-11-19(12-10-16)22-28(25,26)14-15-5-7-17(8-6-15)21(23)24/h2-13,22H,14H2,1H3,(H,23,24). The van der Waals surface area contributed by atoms with Crippen LogP contribution in [0, 0.1) is 0 Å². The van der Waals surface area contributed by atoms with Gasteiger partial charge in [-0.15, -0.1) is 0 Å². The molecular weight excluding hydrogens is 378 g/mol. The Morgan fingerprint density at radius 3 is 2.25 bits per heavy atom. The largest absolute Gasteiger partial charge is 0.497 e. The van der Waals surface area contributed by atoms with Crippen molar-refractivity contribution in [1.29, 1.82) is 0 Å². The fourth-order valence-corrected chi connectivity index (χ4v) is 3.91. The summed E-state index contributed by atoms with van der Waals surface area (Å²) in [7, 11) is -2.02. The normalized spacial score (nSPS) is 11.0. The molecule has 3 rings (SSSR count). The second-order valence-corrected chi connectivity index (χ2v) is 7.89. The molecule has 0 saturated heterocycles. The molecular formula is C21H19NO5S. The lowest BCUT2D eigenvalue weighted by molar-refractivity contribution is 0.0697. The van der Waals surface area contributed by atoms with E-state index in [4.69, 9.17) is 9.84 Å². The van der Waals surface area contributed by atoms with Crippen LogP contribution in [-0.2, 0) is 15.8 Å². The van der Waals surface area contributed by atoms with E-state index < -0.39 is 16.0 Å². The summed E-state index contributed by atoms with van der Waals surface area (Å²) in [6, 6.07) is 20.4. The average Bonchev–Trinajstić information content (AvgIpc) is 2.68. The number of hydrogen-bond acceptors (Lipinski definition) is 4. The van der Waals surface area contributed by atoms with Crippen molar-refractivity contribution in [1.82, 2.24) is 0 Å². The first-order valence-electron chi connectivity index (χ1n) is 8.43. The molecule has 144 valence electrons. The predicted molar refractivity (Wildman–Crippen MR) is 108 cm³/mol. The fraction of sp³-hybridized carbons (Fsp3) is 0.0952. The zero-order valence-corrected chi connectivity index (χ0v) is 15.9. The third-order valence-corrected chi connectivity index (χ3v) is 5.38. The first-order chi connectivity index (χ1) is 13.4. The van der Waals surface area contributed by atoms with E-state index in [0.717, 1.165) is 16.9 Å². The molecule has 2 N–H and O–H groups in total. The molecule has 3 aromatic carbocycles. The minimum Gasteiger partial charge on any atom is -0.497 e. The summed E-state index contributed by atoms with van der Waals surface area (Å²) in [5.74, 6) is -0.551. The summed E-state index contributed by atoms with van der Waals surface area (Å²) in [4.78, 5) is 10.9. The van der Waals surface area contributed by atoms with E-state index in [1.165, 1.54) is 24.3 Å². The summed E-state index contributed by atoms with van der Waals surface area (Å²) >= 11 is 0. The van der Waals surface area contributed by atoms with Crippen LogP contribution in [0.2, 0.25) is 0 Å². The van der Waals surface area contributed by atoms with Crippen molar-refractivity contribution in [3.05, 3.63) is 83.9 Å². The van der Waals surface area contributed by atoms with Crippen molar-refractivity contribution in [3.63, 3.8) is 0 Å². The van der Waals surface area contributed by atoms with Crippen molar-refractivity contribution in [2.45, 2.75) is 5.75 Å². The number of sulfonamides is 1. The number of ether oxygens (including phenoxy) is 1. The van der Waals surface area contributed by atoms with Crippen molar-refractivity contribution in [2.75, 3.05) is 11.8 Å². The minimum atomic E-state index is -3.63. The Hall–Kier alpha value is -3.32. The van der Waals surface area contributed by atoms with E-state index in [9.17, 15) is 13.2 Å². The lowest BCUT2D eigenvalue weighted by Crippen LogP contribution is -2.15. The molecule has 0 bridgehead atoms. The molecule has 0 aliphatic heterocycles. The molecule has 0 saturated carbocycles. The summed E-state index contributed by atoms with van der Waals surface area (Å²) in [5.41, 5.74) is 2.97. The lowest BCUT2D eigenvalue weighted by atomic mass is 10.1. The van der Waals surface area contributed by atoms with Crippen LogP contribution >= 0.6 is 0 Å². The summed E-state index contributed by atoms with van der Waals surface area (Å²) in [6.07, 6.45) is 0. The van der Waals surface area contributed by atoms with Gasteiger partial charge in [-0.05, 0) is 53.1 Å². The van der Waals surface area contributed by atoms with Crippen LogP contribution < -0.4 is 9.46 Å². The first-order valence-corrected chi connectivity index (χ1v) is 10.1. The SMILES string of the molecule is COc1cccc(-c2ccc(NS(=O)(=O)Cc3ccc(C(=O)O)cc3)cc2)c1. The van der Waals surface area contributed by atoms with Crippen LogP contribution in [0.5, 0.6) is 5.75 Å². The quantitative estimate of drug-likeness (QED) is 0.629. The maximum Gasteiger partial charge on any atom is 0.335 e. The Morgan fingerprint density at radius 2 is 1.64 bits per heavy atom. The summed E-state index contributed by atoms with van der Waals surface area (Å²) < 4.78 is 32.5. The molecule has 0 spiro atoms. The number of carbonyl (C=O) groups is 1. The molecule has 0 aromatic heterocycles. The smallest absolute Gasteiger partial charge is 0.335 e. The molecule has 0 aliphatic carbocycles. The number of nitrogens with one attached hydrogen (secondary N) is 1. The fourth-order valence-electron chi connectivity index (χ4n) is 2.71. The number of hydrogen-bond donors (Lipinski definition) is 2. The van der Waals surface area contributed by atoms with Gasteiger partial charge in [-0.3, -0.25) is 4.72 Å². The molecule has 28 heavy (non-hydrogen) atoms. The van der Waals surface area contributed by atoms with Crippen LogP contribution in [0.1, 0.15) is 15.9 Å². The number of carboxylic acids is 1. The number of methoxy groups -OCH3 is 1. The maximum atomic E-state index is 12.4. The molecule has 0 fully saturated rings. The summed E-state index contributed by atoms with van der Waals surface area (Å²) in [5, 5.41) is 8.90. The van der Waals surface area contributed by atoms with Crippen LogP contribution in [0.25, 0.3) is 11.1 Å². The van der Waals surface area contributed by atoms with Gasteiger partial charge in [0.25, 0.3) is 0 Å². The molecule has 0 heterocycles. The van der Waals surface area contributed by atoms with Gasteiger partial charge in [0, 0.05) is 5.69 Å². The number of carboxylic acid groups (broad SMARTS) is 1. The van der Waals surface area contributed by atoms with E-state index in [2.05, 4.69) is 4.72 Å². The van der Waals surface area contributed by atoms with Gasteiger partial charge < -0.3 is 9.84 Å². The Bertz CT molecular complexity index is 1070. The molecule has 0 radical (unpaired) electrons. The monoisotopic (exact) mass is 397 g/mol. The Kier molecular flexibility index (Phi) is 5.65. The predicted octanol–water partition coefficient (Wildman–Crippen LogP) is 4.00. The highest BCUT2D eigenvalue weighted by atomic mass is 32.2. The zero-order valence-electron chi connectivity index (χ0n) is 15.1. The molecule has 6 nitrogen and oxygen atoms in total. The third-order valence-electron chi connectivity index (χ3n) is 4.12. The molecule has 0 unspecified atom stereocenters. The van der Waals surface area contributed by atoms with Crippen molar-refractivity contribution in [3.8, 4) is 16.9 Å². The number of benzene rings is 3. The van der Waals surface area contributed by atoms with Crippen LogP contribution in [-0.4, -0.2) is 26.6 Å². The van der Waals surface area contributed by atoms with Crippen molar-refractivity contribution in [2.24, 2.45) is 0 Å². The molecule has 0 atom stereocenters. The minimum absolute atomic E-state index is 0.113. The second kappa shape index (κ2) is 8.14. The molecule has 7 heteroatoms. The highest BCUT2D eigenvalue weighted by Gasteiger charge is 2.13. The van der Waals surface area contributed by atoms with Gasteiger partial charge in [0.05, 0.1) is 18.4 Å². The van der Waals surface area contributed by atoms with Gasteiger partial charge in [0.2, 0.25) is 10.0 Å². The van der Waals surface area contributed by atoms with E-state index in [-0.39, 0.29) is 11.3 Å². The van der Waals surface area contributed by atoms with E-state index in [1.54, 1.807) is 19.2 Å². The van der Waals surface area contributed by atoms with Gasteiger partial charge in [-0.1, -0.05) is 36.4 Å². The van der Waals surface area contributed by atoms with Gasteiger partial charge >= 0.3 is 5.97 Å².